The summed E-state index contributed by atoms with van der Waals surface area (Å²) in [6, 6.07) is 9.68. The summed E-state index contributed by atoms with van der Waals surface area (Å²) in [6.45, 7) is 4.40. The second kappa shape index (κ2) is 5.18. The minimum atomic E-state index is -0.115. The first-order valence-electron chi connectivity index (χ1n) is 6.99. The fourth-order valence-corrected chi connectivity index (χ4v) is 2.80. The van der Waals surface area contributed by atoms with Crippen molar-refractivity contribution >= 4 is 16.8 Å². The van der Waals surface area contributed by atoms with Crippen molar-refractivity contribution in [2.24, 2.45) is 5.73 Å². The molecule has 0 spiro atoms. The number of fused-ring (bicyclic) bond motifs is 1. The molecular formula is C16H18N4O. The highest BCUT2D eigenvalue weighted by atomic mass is 16.2. The number of benzene rings is 1. The molecule has 0 saturated carbocycles. The lowest BCUT2D eigenvalue weighted by Crippen LogP contribution is -2.14. The molecule has 0 aliphatic rings. The quantitative estimate of drug-likeness (QED) is 0.773. The zero-order chi connectivity index (χ0) is 15.0. The minimum Gasteiger partial charge on any atom is -0.330 e. The standard InChI is InChI=1S/C16H18N4O/c1-10-9-14(19-18-10)16(21)20-11(2)12(7-8-17)13-5-3-4-6-15(13)20/h3-6,9H,7-8,17H2,1-2H3,(H,18,19). The molecule has 0 radical (unpaired) electrons. The Labute approximate surface area is 122 Å². The van der Waals surface area contributed by atoms with Gasteiger partial charge in [0, 0.05) is 16.8 Å². The van der Waals surface area contributed by atoms with Crippen LogP contribution in [0.3, 0.4) is 0 Å². The molecule has 5 heteroatoms. The third kappa shape index (κ3) is 2.15. The summed E-state index contributed by atoms with van der Waals surface area (Å²) < 4.78 is 1.73. The number of H-pyrrole nitrogens is 1. The summed E-state index contributed by atoms with van der Waals surface area (Å²) in [7, 11) is 0. The van der Waals surface area contributed by atoms with Crippen molar-refractivity contribution in [3.8, 4) is 0 Å². The zero-order valence-electron chi connectivity index (χ0n) is 12.2. The first-order chi connectivity index (χ1) is 10.1. The molecular weight excluding hydrogens is 264 g/mol. The van der Waals surface area contributed by atoms with E-state index in [9.17, 15) is 4.79 Å². The lowest BCUT2D eigenvalue weighted by atomic mass is 10.1. The van der Waals surface area contributed by atoms with Gasteiger partial charge in [0.15, 0.2) is 5.69 Å². The fourth-order valence-electron chi connectivity index (χ4n) is 2.80. The number of carbonyl (C=O) groups excluding carboxylic acids is 1. The number of para-hydroxylation sites is 1. The molecule has 0 fully saturated rings. The highest BCUT2D eigenvalue weighted by Crippen LogP contribution is 2.26. The van der Waals surface area contributed by atoms with Crippen molar-refractivity contribution in [1.82, 2.24) is 14.8 Å². The number of carbonyl (C=O) groups is 1. The first-order valence-corrected chi connectivity index (χ1v) is 6.99. The van der Waals surface area contributed by atoms with Crippen LogP contribution in [-0.4, -0.2) is 27.2 Å². The van der Waals surface area contributed by atoms with Gasteiger partial charge in [0.25, 0.3) is 5.91 Å². The fraction of sp³-hybridized carbons (Fsp3) is 0.250. The molecule has 5 nitrogen and oxygen atoms in total. The topological polar surface area (TPSA) is 76.7 Å². The SMILES string of the molecule is Cc1cc(C(=O)n2c(C)c(CCN)c3ccccc32)n[nH]1. The van der Waals surface area contributed by atoms with Gasteiger partial charge in [-0.3, -0.25) is 14.5 Å². The first kappa shape index (κ1) is 13.6. The average molecular weight is 282 g/mol. The third-order valence-electron chi connectivity index (χ3n) is 3.76. The molecule has 0 saturated heterocycles. The maximum absolute atomic E-state index is 12.8. The Bertz CT molecular complexity index is 813. The highest BCUT2D eigenvalue weighted by molar-refractivity contribution is 6.03. The summed E-state index contributed by atoms with van der Waals surface area (Å²) >= 11 is 0. The highest BCUT2D eigenvalue weighted by Gasteiger charge is 2.20. The summed E-state index contributed by atoms with van der Waals surface area (Å²) in [5.41, 5.74) is 9.98. The second-order valence-corrected chi connectivity index (χ2v) is 5.20. The van der Waals surface area contributed by atoms with Crippen LogP contribution in [0.5, 0.6) is 0 Å². The predicted octanol–water partition coefficient (Wildman–Crippen LogP) is 2.17. The molecule has 0 atom stereocenters. The monoisotopic (exact) mass is 282 g/mol. The molecule has 0 unspecified atom stereocenters. The molecule has 0 bridgehead atoms. The Balaban J connectivity index is 2.22. The van der Waals surface area contributed by atoms with Crippen LogP contribution in [0.2, 0.25) is 0 Å². The number of nitrogens with zero attached hydrogens (tertiary/aromatic N) is 2. The van der Waals surface area contributed by atoms with E-state index in [4.69, 9.17) is 5.73 Å². The van der Waals surface area contributed by atoms with Crippen LogP contribution < -0.4 is 5.73 Å². The van der Waals surface area contributed by atoms with Crippen LogP contribution in [0.25, 0.3) is 10.9 Å². The normalized spacial score (nSPS) is 11.2. The smallest absolute Gasteiger partial charge is 0.283 e. The molecule has 3 N–H and O–H groups in total. The number of nitrogens with two attached hydrogens (primary N) is 1. The van der Waals surface area contributed by atoms with Crippen molar-refractivity contribution in [2.45, 2.75) is 20.3 Å². The maximum Gasteiger partial charge on any atom is 0.283 e. The number of aryl methyl sites for hydroxylation is 1. The molecule has 2 heterocycles. The van der Waals surface area contributed by atoms with Crippen LogP contribution >= 0.6 is 0 Å². The van der Waals surface area contributed by atoms with Gasteiger partial charge in [0.05, 0.1) is 5.52 Å². The van der Waals surface area contributed by atoms with Gasteiger partial charge in [-0.2, -0.15) is 5.10 Å². The van der Waals surface area contributed by atoms with Crippen molar-refractivity contribution in [2.75, 3.05) is 6.54 Å². The summed E-state index contributed by atoms with van der Waals surface area (Å²) in [6.07, 6.45) is 0.756. The average Bonchev–Trinajstić information content (AvgIpc) is 3.02. The Kier molecular flexibility index (Phi) is 3.35. The lowest BCUT2D eigenvalue weighted by Gasteiger charge is -2.05. The van der Waals surface area contributed by atoms with E-state index < -0.39 is 0 Å². The molecule has 2 aromatic heterocycles. The van der Waals surface area contributed by atoms with Gasteiger partial charge in [-0.05, 0) is 44.5 Å². The van der Waals surface area contributed by atoms with E-state index in [2.05, 4.69) is 10.2 Å². The minimum absolute atomic E-state index is 0.115. The summed E-state index contributed by atoms with van der Waals surface area (Å²) in [4.78, 5) is 12.8. The molecule has 1 aromatic carbocycles. The van der Waals surface area contributed by atoms with E-state index in [1.54, 1.807) is 10.6 Å². The maximum atomic E-state index is 12.8. The van der Waals surface area contributed by atoms with Gasteiger partial charge in [-0.25, -0.2) is 0 Å². The number of rotatable bonds is 3. The van der Waals surface area contributed by atoms with Crippen LogP contribution in [0.1, 0.15) is 27.4 Å². The van der Waals surface area contributed by atoms with E-state index >= 15 is 0 Å². The van der Waals surface area contributed by atoms with Crippen molar-refractivity contribution in [3.63, 3.8) is 0 Å². The third-order valence-corrected chi connectivity index (χ3v) is 3.76. The number of aromatic nitrogens is 3. The van der Waals surface area contributed by atoms with Crippen LogP contribution in [0, 0.1) is 13.8 Å². The molecule has 0 amide bonds. The molecule has 3 aromatic rings. The van der Waals surface area contributed by atoms with Gasteiger partial charge in [-0.1, -0.05) is 18.2 Å². The summed E-state index contributed by atoms with van der Waals surface area (Å²) in [5.74, 6) is -0.115. The predicted molar refractivity (Wildman–Crippen MR) is 82.5 cm³/mol. The number of hydrogen-bond donors (Lipinski definition) is 2. The van der Waals surface area contributed by atoms with Gasteiger partial charge >= 0.3 is 0 Å². The van der Waals surface area contributed by atoms with E-state index in [0.717, 1.165) is 34.3 Å². The van der Waals surface area contributed by atoms with Crippen LogP contribution in [0.4, 0.5) is 0 Å². The van der Waals surface area contributed by atoms with Gasteiger partial charge < -0.3 is 5.73 Å². The zero-order valence-corrected chi connectivity index (χ0v) is 12.2. The Hall–Kier alpha value is -2.40. The Morgan fingerprint density at radius 1 is 1.33 bits per heavy atom. The number of hydrogen-bond acceptors (Lipinski definition) is 3. The molecule has 0 aliphatic carbocycles. The number of nitrogens with one attached hydrogen (secondary N) is 1. The van der Waals surface area contributed by atoms with E-state index in [1.165, 1.54) is 0 Å². The molecule has 0 aliphatic heterocycles. The number of aromatic amines is 1. The molecule has 21 heavy (non-hydrogen) atoms. The molecule has 3 rings (SSSR count). The summed E-state index contributed by atoms with van der Waals surface area (Å²) in [5, 5.41) is 7.97. The lowest BCUT2D eigenvalue weighted by molar-refractivity contribution is 0.0958. The van der Waals surface area contributed by atoms with Crippen LogP contribution in [0.15, 0.2) is 30.3 Å². The van der Waals surface area contributed by atoms with Gasteiger partial charge in [-0.15, -0.1) is 0 Å². The van der Waals surface area contributed by atoms with Crippen molar-refractivity contribution in [3.05, 3.63) is 53.0 Å². The second-order valence-electron chi connectivity index (χ2n) is 5.20. The van der Waals surface area contributed by atoms with E-state index in [0.29, 0.717) is 12.2 Å². The van der Waals surface area contributed by atoms with Crippen molar-refractivity contribution < 1.29 is 4.79 Å². The van der Waals surface area contributed by atoms with E-state index in [-0.39, 0.29) is 5.91 Å². The van der Waals surface area contributed by atoms with Crippen molar-refractivity contribution in [1.29, 1.82) is 0 Å². The Morgan fingerprint density at radius 3 is 2.76 bits per heavy atom. The largest absolute Gasteiger partial charge is 0.330 e. The van der Waals surface area contributed by atoms with E-state index in [1.807, 2.05) is 38.1 Å². The van der Waals surface area contributed by atoms with Gasteiger partial charge in [0.1, 0.15) is 0 Å². The van der Waals surface area contributed by atoms with Gasteiger partial charge in [0.2, 0.25) is 0 Å². The molecule has 108 valence electrons. The Morgan fingerprint density at radius 2 is 2.10 bits per heavy atom. The van der Waals surface area contributed by atoms with Crippen LogP contribution in [-0.2, 0) is 6.42 Å².